The Bertz CT molecular complexity index is 630. The van der Waals surface area contributed by atoms with Gasteiger partial charge in [-0.2, -0.15) is 5.10 Å². The average molecular weight is 264 g/mol. The summed E-state index contributed by atoms with van der Waals surface area (Å²) in [5.74, 6) is -1.69. The zero-order valence-corrected chi connectivity index (χ0v) is 9.64. The van der Waals surface area contributed by atoms with Crippen molar-refractivity contribution in [1.82, 2.24) is 0 Å². The monoisotopic (exact) mass is 264 g/mol. The molecule has 0 aromatic heterocycles. The molecule has 2 rings (SSSR count). The van der Waals surface area contributed by atoms with Gasteiger partial charge in [-0.1, -0.05) is 0 Å². The number of hydrazone groups is 1. The van der Waals surface area contributed by atoms with Gasteiger partial charge in [0.15, 0.2) is 5.82 Å². The lowest BCUT2D eigenvalue weighted by molar-refractivity contribution is 0.450. The summed E-state index contributed by atoms with van der Waals surface area (Å²) in [5, 5.41) is 22.3. The SMILES string of the molecule is Oc1ccc(/C=N/Nc2ccc(F)cc2F)c(O)c1. The van der Waals surface area contributed by atoms with Crippen molar-refractivity contribution in [2.45, 2.75) is 0 Å². The molecule has 2 aromatic carbocycles. The summed E-state index contributed by atoms with van der Waals surface area (Å²) < 4.78 is 25.9. The second kappa shape index (κ2) is 5.34. The molecule has 0 aliphatic rings. The highest BCUT2D eigenvalue weighted by Gasteiger charge is 2.02. The van der Waals surface area contributed by atoms with Gasteiger partial charge in [-0.25, -0.2) is 8.78 Å². The summed E-state index contributed by atoms with van der Waals surface area (Å²) in [4.78, 5) is 0. The van der Waals surface area contributed by atoms with Crippen LogP contribution in [0.1, 0.15) is 5.56 Å². The first-order valence-electron chi connectivity index (χ1n) is 5.32. The van der Waals surface area contributed by atoms with Crippen molar-refractivity contribution in [3.63, 3.8) is 0 Å². The van der Waals surface area contributed by atoms with Crippen LogP contribution in [0.25, 0.3) is 0 Å². The van der Waals surface area contributed by atoms with E-state index >= 15 is 0 Å². The van der Waals surface area contributed by atoms with Crippen molar-refractivity contribution in [3.05, 3.63) is 53.6 Å². The van der Waals surface area contributed by atoms with E-state index in [-0.39, 0.29) is 17.2 Å². The largest absolute Gasteiger partial charge is 0.508 e. The van der Waals surface area contributed by atoms with E-state index in [0.29, 0.717) is 5.56 Å². The maximum Gasteiger partial charge on any atom is 0.151 e. The topological polar surface area (TPSA) is 64.9 Å². The molecule has 0 radical (unpaired) electrons. The number of phenolic OH excluding ortho intramolecular Hbond substituents is 2. The first-order chi connectivity index (χ1) is 9.06. The summed E-state index contributed by atoms with van der Waals surface area (Å²) in [6.45, 7) is 0. The van der Waals surface area contributed by atoms with Gasteiger partial charge in [0.1, 0.15) is 17.3 Å². The van der Waals surface area contributed by atoms with Gasteiger partial charge in [-0.3, -0.25) is 5.43 Å². The number of nitrogens with zero attached hydrogens (tertiary/aromatic N) is 1. The number of nitrogens with one attached hydrogen (secondary N) is 1. The summed E-state index contributed by atoms with van der Waals surface area (Å²) in [6.07, 6.45) is 1.25. The van der Waals surface area contributed by atoms with Crippen molar-refractivity contribution in [1.29, 1.82) is 0 Å². The minimum Gasteiger partial charge on any atom is -0.508 e. The Labute approximate surface area is 107 Å². The Morgan fingerprint density at radius 3 is 2.53 bits per heavy atom. The Hall–Kier alpha value is -2.63. The fourth-order valence-corrected chi connectivity index (χ4v) is 1.39. The third kappa shape index (κ3) is 3.19. The average Bonchev–Trinajstić information content (AvgIpc) is 2.34. The van der Waals surface area contributed by atoms with Gasteiger partial charge in [0.05, 0.1) is 11.9 Å². The Morgan fingerprint density at radius 2 is 1.84 bits per heavy atom. The molecule has 0 amide bonds. The summed E-state index contributed by atoms with van der Waals surface area (Å²) in [5.41, 5.74) is 2.74. The number of phenols is 2. The van der Waals surface area contributed by atoms with Crippen molar-refractivity contribution < 1.29 is 19.0 Å². The smallest absolute Gasteiger partial charge is 0.151 e. The summed E-state index contributed by atoms with van der Waals surface area (Å²) in [7, 11) is 0. The van der Waals surface area contributed by atoms with Crippen LogP contribution in [0.4, 0.5) is 14.5 Å². The van der Waals surface area contributed by atoms with Crippen LogP contribution in [0.2, 0.25) is 0 Å². The minimum atomic E-state index is -0.771. The van der Waals surface area contributed by atoms with Crippen LogP contribution in [0, 0.1) is 11.6 Å². The van der Waals surface area contributed by atoms with E-state index in [1.807, 2.05) is 0 Å². The second-order valence-electron chi connectivity index (χ2n) is 3.74. The van der Waals surface area contributed by atoms with Crippen LogP contribution in [0.5, 0.6) is 11.5 Å². The van der Waals surface area contributed by atoms with E-state index in [9.17, 15) is 13.9 Å². The van der Waals surface area contributed by atoms with Gasteiger partial charge in [0.25, 0.3) is 0 Å². The molecule has 0 saturated heterocycles. The number of anilines is 1. The Kier molecular flexibility index (Phi) is 3.61. The van der Waals surface area contributed by atoms with Gasteiger partial charge in [-0.05, 0) is 24.3 Å². The van der Waals surface area contributed by atoms with Crippen molar-refractivity contribution in [3.8, 4) is 11.5 Å². The fraction of sp³-hybridized carbons (Fsp3) is 0. The highest BCUT2D eigenvalue weighted by atomic mass is 19.1. The summed E-state index contributed by atoms with van der Waals surface area (Å²) >= 11 is 0. The van der Waals surface area contributed by atoms with Gasteiger partial charge in [-0.15, -0.1) is 0 Å². The predicted molar refractivity (Wildman–Crippen MR) is 67.3 cm³/mol. The molecule has 0 saturated carbocycles. The molecule has 2 aromatic rings. The second-order valence-corrected chi connectivity index (χ2v) is 3.74. The van der Waals surface area contributed by atoms with Crippen LogP contribution >= 0.6 is 0 Å². The van der Waals surface area contributed by atoms with Crippen molar-refractivity contribution >= 4 is 11.9 Å². The number of rotatable bonds is 3. The molecule has 0 atom stereocenters. The Balaban J connectivity index is 2.11. The van der Waals surface area contributed by atoms with E-state index in [1.54, 1.807) is 0 Å². The molecule has 0 heterocycles. The molecule has 98 valence electrons. The third-order valence-corrected chi connectivity index (χ3v) is 2.33. The lowest BCUT2D eigenvalue weighted by Crippen LogP contribution is -1.94. The molecule has 4 nitrogen and oxygen atoms in total. The molecular formula is C13H10F2N2O2. The molecule has 0 unspecified atom stereocenters. The van der Waals surface area contributed by atoms with Crippen molar-refractivity contribution in [2.75, 3.05) is 5.43 Å². The molecule has 0 aliphatic carbocycles. The number of halogens is 2. The molecule has 0 aliphatic heterocycles. The van der Waals surface area contributed by atoms with Crippen LogP contribution in [0.3, 0.4) is 0 Å². The van der Waals surface area contributed by atoms with E-state index < -0.39 is 11.6 Å². The summed E-state index contributed by atoms with van der Waals surface area (Å²) in [6, 6.07) is 7.00. The maximum atomic E-state index is 13.2. The minimum absolute atomic E-state index is 0.0101. The van der Waals surface area contributed by atoms with E-state index in [2.05, 4.69) is 10.5 Å². The van der Waals surface area contributed by atoms with Crippen LogP contribution < -0.4 is 5.43 Å². The van der Waals surface area contributed by atoms with Gasteiger partial charge >= 0.3 is 0 Å². The molecule has 0 fully saturated rings. The lowest BCUT2D eigenvalue weighted by atomic mass is 10.2. The van der Waals surface area contributed by atoms with Gasteiger partial charge < -0.3 is 10.2 Å². The number of hydrogen-bond donors (Lipinski definition) is 3. The first kappa shape index (κ1) is 12.8. The quantitative estimate of drug-likeness (QED) is 0.590. The molecule has 0 spiro atoms. The first-order valence-corrected chi connectivity index (χ1v) is 5.32. The molecule has 3 N–H and O–H groups in total. The van der Waals surface area contributed by atoms with E-state index in [4.69, 9.17) is 5.11 Å². The highest BCUT2D eigenvalue weighted by molar-refractivity contribution is 5.84. The fourth-order valence-electron chi connectivity index (χ4n) is 1.39. The van der Waals surface area contributed by atoms with Crippen molar-refractivity contribution in [2.24, 2.45) is 5.10 Å². The molecule has 19 heavy (non-hydrogen) atoms. The molecule has 0 bridgehead atoms. The third-order valence-electron chi connectivity index (χ3n) is 2.33. The number of benzene rings is 2. The molecular weight excluding hydrogens is 254 g/mol. The van der Waals surface area contributed by atoms with E-state index in [0.717, 1.165) is 18.2 Å². The number of hydrogen-bond acceptors (Lipinski definition) is 4. The lowest BCUT2D eigenvalue weighted by Gasteiger charge is -2.02. The normalized spacial score (nSPS) is 10.8. The van der Waals surface area contributed by atoms with Crippen LogP contribution in [-0.4, -0.2) is 16.4 Å². The zero-order valence-electron chi connectivity index (χ0n) is 9.64. The van der Waals surface area contributed by atoms with Crippen LogP contribution in [-0.2, 0) is 0 Å². The zero-order chi connectivity index (χ0) is 13.8. The number of aromatic hydroxyl groups is 2. The van der Waals surface area contributed by atoms with Crippen LogP contribution in [0.15, 0.2) is 41.5 Å². The molecule has 6 heteroatoms. The standard InChI is InChI=1S/C13H10F2N2O2/c14-9-2-4-12(11(15)5-9)17-16-7-8-1-3-10(18)6-13(8)19/h1-7,17-19H/b16-7+. The Morgan fingerprint density at radius 1 is 1.05 bits per heavy atom. The predicted octanol–water partition coefficient (Wildman–Crippen LogP) is 2.82. The highest BCUT2D eigenvalue weighted by Crippen LogP contribution is 2.21. The van der Waals surface area contributed by atoms with Gasteiger partial charge in [0.2, 0.25) is 0 Å². The maximum absolute atomic E-state index is 13.2. The van der Waals surface area contributed by atoms with E-state index in [1.165, 1.54) is 24.4 Å². The van der Waals surface area contributed by atoms with Gasteiger partial charge in [0, 0.05) is 17.7 Å².